The smallest absolute Gasteiger partial charge is 0.314 e. The van der Waals surface area contributed by atoms with E-state index >= 15 is 0 Å². The average molecular weight is 268 g/mol. The molecule has 0 radical (unpaired) electrons. The van der Waals surface area contributed by atoms with Gasteiger partial charge in [0.25, 0.3) is 5.85 Å². The molecule has 0 N–H and O–H groups in total. The molecule has 1 unspecified atom stereocenters. The fourth-order valence-electron chi connectivity index (χ4n) is 4.77. The molecule has 0 aromatic heterocycles. The third-order valence-corrected chi connectivity index (χ3v) is 5.79. The summed E-state index contributed by atoms with van der Waals surface area (Å²) in [7, 11) is 0. The van der Waals surface area contributed by atoms with Gasteiger partial charge in [-0.05, 0) is 56.3 Å². The SMILES string of the molecule is CC(C)C(C)(F)OC(=O)C12CC3CC(CC(C3)C1)C2. The van der Waals surface area contributed by atoms with Crippen LogP contribution in [0.5, 0.6) is 0 Å². The number of carbonyl (C=O) groups excluding carboxylic acids is 1. The fraction of sp³-hybridized carbons (Fsp3) is 0.938. The van der Waals surface area contributed by atoms with Crippen LogP contribution in [0.4, 0.5) is 4.39 Å². The van der Waals surface area contributed by atoms with E-state index in [1.54, 1.807) is 13.8 Å². The van der Waals surface area contributed by atoms with Gasteiger partial charge in [0, 0.05) is 12.8 Å². The summed E-state index contributed by atoms with van der Waals surface area (Å²) < 4.78 is 19.6. The van der Waals surface area contributed by atoms with Crippen molar-refractivity contribution in [1.82, 2.24) is 0 Å². The minimum Gasteiger partial charge on any atom is -0.428 e. The van der Waals surface area contributed by atoms with Crippen LogP contribution in [0, 0.1) is 29.1 Å². The molecule has 0 spiro atoms. The molecule has 2 nitrogen and oxygen atoms in total. The van der Waals surface area contributed by atoms with E-state index in [1.165, 1.54) is 26.2 Å². The van der Waals surface area contributed by atoms with Gasteiger partial charge >= 0.3 is 5.97 Å². The number of rotatable bonds is 3. The van der Waals surface area contributed by atoms with Crippen molar-refractivity contribution in [2.75, 3.05) is 0 Å². The number of hydrogen-bond donors (Lipinski definition) is 0. The Morgan fingerprint density at radius 1 is 1.16 bits per heavy atom. The number of carbonyl (C=O) groups is 1. The standard InChI is InChI=1S/C16H25FO2/c1-10(2)15(3,17)19-14(18)16-7-11-4-12(8-16)6-13(5-11)9-16/h10-13H,4-9H2,1-3H3. The second-order valence-electron chi connectivity index (χ2n) is 7.73. The van der Waals surface area contributed by atoms with Crippen LogP contribution in [0.1, 0.15) is 59.3 Å². The van der Waals surface area contributed by atoms with Crippen molar-refractivity contribution < 1.29 is 13.9 Å². The first kappa shape index (κ1) is 13.4. The van der Waals surface area contributed by atoms with Crippen molar-refractivity contribution in [3.05, 3.63) is 0 Å². The Hall–Kier alpha value is -0.600. The summed E-state index contributed by atoms with van der Waals surface area (Å²) in [5.74, 6) is -0.341. The average Bonchev–Trinajstić information content (AvgIpc) is 2.26. The Balaban J connectivity index is 1.76. The first-order valence-corrected chi connectivity index (χ1v) is 7.73. The number of hydrogen-bond acceptors (Lipinski definition) is 2. The van der Waals surface area contributed by atoms with Gasteiger partial charge in [0.05, 0.1) is 5.41 Å². The van der Waals surface area contributed by atoms with Gasteiger partial charge in [0.2, 0.25) is 0 Å². The van der Waals surface area contributed by atoms with Gasteiger partial charge < -0.3 is 4.74 Å². The summed E-state index contributed by atoms with van der Waals surface area (Å²) in [4.78, 5) is 12.6. The molecule has 4 aliphatic carbocycles. The van der Waals surface area contributed by atoms with E-state index < -0.39 is 5.85 Å². The lowest BCUT2D eigenvalue weighted by Crippen LogP contribution is -2.52. The molecule has 0 saturated heterocycles. The van der Waals surface area contributed by atoms with Gasteiger partial charge in [-0.25, -0.2) is 0 Å². The molecule has 3 heteroatoms. The van der Waals surface area contributed by atoms with E-state index in [0.717, 1.165) is 19.3 Å². The van der Waals surface area contributed by atoms with Crippen LogP contribution in [-0.2, 0) is 9.53 Å². The number of alkyl halides is 1. The maximum atomic E-state index is 14.3. The van der Waals surface area contributed by atoms with Crippen molar-refractivity contribution in [2.24, 2.45) is 29.1 Å². The van der Waals surface area contributed by atoms with Gasteiger partial charge in [0.15, 0.2) is 0 Å². The summed E-state index contributed by atoms with van der Waals surface area (Å²) in [6.45, 7) is 4.90. The normalized spacial score (nSPS) is 43.3. The van der Waals surface area contributed by atoms with Gasteiger partial charge in [0.1, 0.15) is 0 Å². The highest BCUT2D eigenvalue weighted by Gasteiger charge is 2.56. The highest BCUT2D eigenvalue weighted by atomic mass is 19.2. The van der Waals surface area contributed by atoms with E-state index in [0.29, 0.717) is 17.8 Å². The second-order valence-corrected chi connectivity index (χ2v) is 7.73. The van der Waals surface area contributed by atoms with E-state index in [9.17, 15) is 9.18 Å². The zero-order chi connectivity index (χ0) is 13.8. The fourth-order valence-corrected chi connectivity index (χ4v) is 4.77. The van der Waals surface area contributed by atoms with E-state index in [2.05, 4.69) is 0 Å². The van der Waals surface area contributed by atoms with Crippen LogP contribution >= 0.6 is 0 Å². The quantitative estimate of drug-likeness (QED) is 0.721. The number of halogens is 1. The molecule has 4 rings (SSSR count). The summed E-state index contributed by atoms with van der Waals surface area (Å²) in [6, 6.07) is 0. The molecule has 4 bridgehead atoms. The van der Waals surface area contributed by atoms with Gasteiger partial charge in [-0.1, -0.05) is 13.8 Å². The van der Waals surface area contributed by atoms with Gasteiger partial charge in [-0.3, -0.25) is 4.79 Å². The third kappa shape index (κ3) is 2.19. The molecular weight excluding hydrogens is 243 g/mol. The maximum absolute atomic E-state index is 14.3. The largest absolute Gasteiger partial charge is 0.428 e. The van der Waals surface area contributed by atoms with Crippen molar-refractivity contribution in [3.8, 4) is 0 Å². The molecule has 0 aromatic rings. The summed E-state index contributed by atoms with van der Waals surface area (Å²) in [5, 5.41) is 0. The molecule has 0 aromatic carbocycles. The molecule has 0 aliphatic heterocycles. The lowest BCUT2D eigenvalue weighted by Gasteiger charge is -2.55. The first-order valence-electron chi connectivity index (χ1n) is 7.73. The van der Waals surface area contributed by atoms with Crippen LogP contribution in [-0.4, -0.2) is 11.8 Å². The molecule has 0 heterocycles. The van der Waals surface area contributed by atoms with E-state index in [4.69, 9.17) is 4.74 Å². The summed E-state index contributed by atoms with van der Waals surface area (Å²) in [5.41, 5.74) is -0.350. The second kappa shape index (κ2) is 4.20. The van der Waals surface area contributed by atoms with Crippen molar-refractivity contribution >= 4 is 5.97 Å². The Labute approximate surface area is 115 Å². The summed E-state index contributed by atoms with van der Waals surface area (Å²) >= 11 is 0. The van der Waals surface area contributed by atoms with Crippen LogP contribution < -0.4 is 0 Å². The molecule has 4 fully saturated rings. The lowest BCUT2D eigenvalue weighted by molar-refractivity contribution is -0.211. The molecular formula is C16H25FO2. The monoisotopic (exact) mass is 268 g/mol. The van der Waals surface area contributed by atoms with Gasteiger partial charge in [-0.15, -0.1) is 0 Å². The van der Waals surface area contributed by atoms with Gasteiger partial charge in [-0.2, -0.15) is 4.39 Å². The van der Waals surface area contributed by atoms with Crippen molar-refractivity contribution in [2.45, 2.75) is 65.2 Å². The maximum Gasteiger partial charge on any atom is 0.314 e. The Morgan fingerprint density at radius 2 is 1.58 bits per heavy atom. The van der Waals surface area contributed by atoms with E-state index in [1.807, 2.05) is 0 Å². The molecule has 1 atom stereocenters. The van der Waals surface area contributed by atoms with Crippen LogP contribution in [0.25, 0.3) is 0 Å². The predicted molar refractivity (Wildman–Crippen MR) is 71.0 cm³/mol. The highest BCUT2D eigenvalue weighted by molar-refractivity contribution is 5.78. The van der Waals surface area contributed by atoms with Crippen LogP contribution in [0.2, 0.25) is 0 Å². The molecule has 4 aliphatic rings. The summed E-state index contributed by atoms with van der Waals surface area (Å²) in [6.07, 6.45) is 6.65. The van der Waals surface area contributed by atoms with E-state index in [-0.39, 0.29) is 17.3 Å². The predicted octanol–water partition coefficient (Wildman–Crippen LogP) is 4.09. The third-order valence-electron chi connectivity index (χ3n) is 5.79. The van der Waals surface area contributed by atoms with Crippen LogP contribution in [0.3, 0.4) is 0 Å². The minimum atomic E-state index is -1.83. The Kier molecular flexibility index (Phi) is 2.96. The Bertz CT molecular complexity index is 351. The zero-order valence-corrected chi connectivity index (χ0v) is 12.2. The van der Waals surface area contributed by atoms with Crippen molar-refractivity contribution in [1.29, 1.82) is 0 Å². The first-order chi connectivity index (χ1) is 8.81. The zero-order valence-electron chi connectivity index (χ0n) is 12.2. The molecule has 4 saturated carbocycles. The minimum absolute atomic E-state index is 0.259. The Morgan fingerprint density at radius 3 is 1.95 bits per heavy atom. The molecule has 108 valence electrons. The van der Waals surface area contributed by atoms with Crippen molar-refractivity contribution in [3.63, 3.8) is 0 Å². The van der Waals surface area contributed by atoms with Crippen LogP contribution in [0.15, 0.2) is 0 Å². The topological polar surface area (TPSA) is 26.3 Å². The molecule has 0 amide bonds. The molecule has 19 heavy (non-hydrogen) atoms. The lowest BCUT2D eigenvalue weighted by atomic mass is 9.49. The number of ether oxygens (including phenoxy) is 1. The number of esters is 1. The highest BCUT2D eigenvalue weighted by Crippen LogP contribution is 2.60.